The summed E-state index contributed by atoms with van der Waals surface area (Å²) in [6, 6.07) is 0. The molecule has 1 heterocycles. The minimum Gasteiger partial charge on any atom is -0.550 e. The minimum absolute atomic E-state index is 0.0157. The van der Waals surface area contributed by atoms with Crippen molar-refractivity contribution >= 4 is 17.7 Å². The van der Waals surface area contributed by atoms with Crippen LogP contribution in [0.4, 0.5) is 0 Å². The van der Waals surface area contributed by atoms with Crippen molar-refractivity contribution in [3.8, 4) is 0 Å². The Morgan fingerprint density at radius 2 is 1.91 bits per heavy atom. The number of rotatable bonds is 2. The molecule has 0 aromatic carbocycles. The lowest BCUT2D eigenvalue weighted by Crippen LogP contribution is -2.53. The van der Waals surface area contributed by atoms with Crippen LogP contribution in [0.5, 0.6) is 0 Å². The number of Topliss-reactive ketones (excluding diaryl/α,β-unsaturated/α-hetero) is 1. The fourth-order valence-corrected chi connectivity index (χ4v) is 4.99. The molecule has 1 saturated heterocycles. The number of likely N-dealkylation sites (tertiary alicyclic amines) is 1. The molecular weight excluding hydrogens is 282 g/mol. The first-order valence-corrected chi connectivity index (χ1v) is 8.19. The van der Waals surface area contributed by atoms with Crippen molar-refractivity contribution in [1.29, 1.82) is 0 Å². The second-order valence-corrected chi connectivity index (χ2v) is 8.05. The first-order valence-electron chi connectivity index (χ1n) is 8.19. The lowest BCUT2D eigenvalue weighted by Gasteiger charge is -2.43. The van der Waals surface area contributed by atoms with Crippen LogP contribution in [0.25, 0.3) is 0 Å². The summed E-state index contributed by atoms with van der Waals surface area (Å²) >= 11 is 0. The van der Waals surface area contributed by atoms with E-state index in [1.54, 1.807) is 4.90 Å². The fourth-order valence-electron chi connectivity index (χ4n) is 4.99. The molecule has 1 amide bonds. The fraction of sp³-hybridized carbons (Fsp3) is 0.824. The van der Waals surface area contributed by atoms with Crippen LogP contribution in [0.3, 0.4) is 0 Å². The number of hydrogen-bond donors (Lipinski definition) is 0. The molecular formula is C17H24NO4-. The van der Waals surface area contributed by atoms with E-state index < -0.39 is 22.7 Å². The molecule has 122 valence electrons. The van der Waals surface area contributed by atoms with Gasteiger partial charge in [-0.2, -0.15) is 0 Å². The molecule has 3 unspecified atom stereocenters. The lowest BCUT2D eigenvalue weighted by atomic mass is 9.64. The van der Waals surface area contributed by atoms with Gasteiger partial charge in [0.1, 0.15) is 5.78 Å². The van der Waals surface area contributed by atoms with Crippen LogP contribution >= 0.6 is 0 Å². The van der Waals surface area contributed by atoms with Gasteiger partial charge >= 0.3 is 0 Å². The Hall–Kier alpha value is -1.39. The van der Waals surface area contributed by atoms with Crippen LogP contribution in [0.2, 0.25) is 0 Å². The van der Waals surface area contributed by atoms with Crippen molar-refractivity contribution in [2.45, 2.75) is 52.9 Å². The molecule has 3 rings (SSSR count). The van der Waals surface area contributed by atoms with Crippen molar-refractivity contribution in [3.63, 3.8) is 0 Å². The standard InChI is InChI=1S/C17H25NO4/c1-15(2)16(3)6-7-17(15,9-12(16)19)14(22)18-8-4-5-11(10-18)13(20)21/h11H,4-10H2,1-3H3,(H,20,21)/p-1. The third kappa shape index (κ3) is 1.68. The van der Waals surface area contributed by atoms with E-state index in [1.807, 2.05) is 20.8 Å². The van der Waals surface area contributed by atoms with Crippen molar-refractivity contribution in [1.82, 2.24) is 4.90 Å². The molecule has 3 aliphatic rings. The number of carboxylic acid groups (broad SMARTS) is 1. The molecule has 2 bridgehead atoms. The van der Waals surface area contributed by atoms with Gasteiger partial charge in [-0.3, -0.25) is 9.59 Å². The number of ketones is 1. The van der Waals surface area contributed by atoms with E-state index in [9.17, 15) is 19.5 Å². The van der Waals surface area contributed by atoms with Crippen molar-refractivity contribution in [2.75, 3.05) is 13.1 Å². The monoisotopic (exact) mass is 306 g/mol. The second kappa shape index (κ2) is 4.56. The Balaban J connectivity index is 1.89. The molecule has 0 spiro atoms. The summed E-state index contributed by atoms with van der Waals surface area (Å²) in [7, 11) is 0. The van der Waals surface area contributed by atoms with E-state index in [-0.39, 0.29) is 23.7 Å². The van der Waals surface area contributed by atoms with Gasteiger partial charge in [-0.15, -0.1) is 0 Å². The zero-order valence-corrected chi connectivity index (χ0v) is 13.6. The second-order valence-electron chi connectivity index (χ2n) is 8.05. The molecule has 2 saturated carbocycles. The summed E-state index contributed by atoms with van der Waals surface area (Å²) in [5, 5.41) is 11.1. The maximum absolute atomic E-state index is 13.2. The number of piperidine rings is 1. The van der Waals surface area contributed by atoms with Crippen LogP contribution in [-0.4, -0.2) is 35.6 Å². The zero-order chi connectivity index (χ0) is 16.3. The molecule has 3 atom stereocenters. The average Bonchev–Trinajstić information content (AvgIpc) is 2.77. The van der Waals surface area contributed by atoms with Crippen molar-refractivity contribution in [2.24, 2.45) is 22.2 Å². The van der Waals surface area contributed by atoms with Gasteiger partial charge in [-0.1, -0.05) is 20.8 Å². The highest BCUT2D eigenvalue weighted by atomic mass is 16.4. The number of fused-ring (bicyclic) bond motifs is 2. The van der Waals surface area contributed by atoms with Gasteiger partial charge in [-0.05, 0) is 31.1 Å². The molecule has 5 nitrogen and oxygen atoms in total. The predicted octanol–water partition coefficient (Wildman–Crippen LogP) is 0.760. The van der Waals surface area contributed by atoms with Gasteiger partial charge in [0.2, 0.25) is 5.91 Å². The normalized spacial score (nSPS) is 40.0. The van der Waals surface area contributed by atoms with E-state index >= 15 is 0 Å². The first kappa shape index (κ1) is 15.5. The van der Waals surface area contributed by atoms with Gasteiger partial charge in [0.25, 0.3) is 0 Å². The van der Waals surface area contributed by atoms with Crippen LogP contribution < -0.4 is 5.11 Å². The number of amides is 1. The van der Waals surface area contributed by atoms with E-state index in [2.05, 4.69) is 0 Å². The molecule has 0 aromatic heterocycles. The molecule has 3 fully saturated rings. The molecule has 0 N–H and O–H groups in total. The molecule has 0 radical (unpaired) electrons. The van der Waals surface area contributed by atoms with Crippen LogP contribution in [0, 0.1) is 22.2 Å². The predicted molar refractivity (Wildman–Crippen MR) is 77.5 cm³/mol. The van der Waals surface area contributed by atoms with Crippen LogP contribution in [0.15, 0.2) is 0 Å². The smallest absolute Gasteiger partial charge is 0.229 e. The maximum atomic E-state index is 13.2. The third-order valence-corrected chi connectivity index (χ3v) is 7.16. The number of nitrogens with zero attached hydrogens (tertiary/aromatic N) is 1. The molecule has 0 aromatic rings. The van der Waals surface area contributed by atoms with E-state index in [0.29, 0.717) is 25.8 Å². The van der Waals surface area contributed by atoms with Crippen LogP contribution in [-0.2, 0) is 14.4 Å². The quantitative estimate of drug-likeness (QED) is 0.754. The summed E-state index contributed by atoms with van der Waals surface area (Å²) in [6.07, 6.45) is 3.04. The van der Waals surface area contributed by atoms with Gasteiger partial charge in [0, 0.05) is 36.8 Å². The summed E-state index contributed by atoms with van der Waals surface area (Å²) in [4.78, 5) is 38.5. The van der Waals surface area contributed by atoms with Gasteiger partial charge in [-0.25, -0.2) is 0 Å². The zero-order valence-electron chi connectivity index (χ0n) is 13.6. The Bertz CT molecular complexity index is 555. The summed E-state index contributed by atoms with van der Waals surface area (Å²) in [6.45, 7) is 6.86. The Labute approximate surface area is 131 Å². The molecule has 5 heteroatoms. The molecule has 1 aliphatic heterocycles. The number of carbonyl (C=O) groups is 3. The topological polar surface area (TPSA) is 77.5 Å². The molecule has 2 aliphatic carbocycles. The Morgan fingerprint density at radius 3 is 2.41 bits per heavy atom. The number of hydrogen-bond acceptors (Lipinski definition) is 4. The Kier molecular flexibility index (Phi) is 3.21. The average molecular weight is 306 g/mol. The highest BCUT2D eigenvalue weighted by Gasteiger charge is 2.73. The van der Waals surface area contributed by atoms with Crippen molar-refractivity contribution < 1.29 is 19.5 Å². The highest BCUT2D eigenvalue weighted by Crippen LogP contribution is 2.71. The summed E-state index contributed by atoms with van der Waals surface area (Å²) in [5.74, 6) is -1.49. The maximum Gasteiger partial charge on any atom is 0.229 e. The van der Waals surface area contributed by atoms with Crippen molar-refractivity contribution in [3.05, 3.63) is 0 Å². The van der Waals surface area contributed by atoms with Crippen LogP contribution in [0.1, 0.15) is 52.9 Å². The third-order valence-electron chi connectivity index (χ3n) is 7.16. The first-order chi connectivity index (χ1) is 10.2. The number of carbonyl (C=O) groups excluding carboxylic acids is 3. The van der Waals surface area contributed by atoms with E-state index in [0.717, 1.165) is 12.8 Å². The summed E-state index contributed by atoms with van der Waals surface area (Å²) < 4.78 is 0. The van der Waals surface area contributed by atoms with Gasteiger partial charge in [0.05, 0.1) is 5.41 Å². The highest BCUT2D eigenvalue weighted by molar-refractivity contribution is 5.99. The van der Waals surface area contributed by atoms with Gasteiger partial charge < -0.3 is 14.8 Å². The number of aliphatic carboxylic acids is 1. The largest absolute Gasteiger partial charge is 0.550 e. The summed E-state index contributed by atoms with van der Waals surface area (Å²) in [5.41, 5.74) is -1.44. The SMILES string of the molecule is CC12CCC(C(=O)N3CCCC(C(=O)[O-])C3)(CC1=O)C2(C)C. The minimum atomic E-state index is -1.08. The lowest BCUT2D eigenvalue weighted by molar-refractivity contribution is -0.312. The Morgan fingerprint density at radius 1 is 1.23 bits per heavy atom. The van der Waals surface area contributed by atoms with Gasteiger partial charge in [0.15, 0.2) is 0 Å². The number of carboxylic acids is 1. The van der Waals surface area contributed by atoms with E-state index in [1.165, 1.54) is 0 Å². The molecule has 22 heavy (non-hydrogen) atoms. The van der Waals surface area contributed by atoms with E-state index in [4.69, 9.17) is 0 Å².